The van der Waals surface area contributed by atoms with Crippen LogP contribution in [0.15, 0.2) is 59.7 Å². The number of nitrogens with zero attached hydrogens (tertiary/aromatic N) is 4. The monoisotopic (exact) mass is 674 g/mol. The Morgan fingerprint density at radius 1 is 0.860 bits per heavy atom. The van der Waals surface area contributed by atoms with Gasteiger partial charge in [0.25, 0.3) is 0 Å². The fraction of sp³-hybridized carbons (Fsp3) is 0.561. The summed E-state index contributed by atoms with van der Waals surface area (Å²) in [4.78, 5) is 38.4. The molecule has 5 saturated heterocycles. The molecule has 8 aliphatic heterocycles. The standard InChI is InChI=1S/C41H46N4O5/c1-6-22-20-43-14-12-39-27-19-32-28(18-30(27)42(3)36(39)31(43)16-24(22)34(39)37(46)48-4)40-13-15-44-21-23(7-2)25-17-33(44)41(40,50-32)45(35(25)38(47)49-5)29-11-9-8-10-26(29)40/h6-11,18-19,24-25,31,33-36H,12-17,20-21H2,1-5H3/t24-,25-,31+,33-,34-,35+,36+,39+,40-,41+/m1/s1. The Bertz CT molecular complexity index is 1970. The van der Waals surface area contributed by atoms with Crippen molar-refractivity contribution in [2.24, 2.45) is 17.8 Å². The molecule has 1 aliphatic carbocycles. The van der Waals surface area contributed by atoms with Crippen LogP contribution in [0.5, 0.6) is 5.75 Å². The van der Waals surface area contributed by atoms with Crippen molar-refractivity contribution in [3.63, 3.8) is 0 Å². The summed E-state index contributed by atoms with van der Waals surface area (Å²) < 4.78 is 19.0. The van der Waals surface area contributed by atoms with Gasteiger partial charge in [-0.15, -0.1) is 0 Å². The third kappa shape index (κ3) is 2.95. The van der Waals surface area contributed by atoms with E-state index in [1.807, 2.05) is 0 Å². The van der Waals surface area contributed by atoms with Crippen LogP contribution in [0.3, 0.4) is 0 Å². The molecule has 0 aromatic heterocycles. The number of para-hydroxylation sites is 1. The summed E-state index contributed by atoms with van der Waals surface area (Å²) in [6, 6.07) is 13.7. The lowest BCUT2D eigenvalue weighted by atomic mass is 9.50. The number of likely N-dealkylation sites (N-methyl/N-ethyl adjacent to an activating group) is 1. The number of benzene rings is 2. The third-order valence-corrected chi connectivity index (χ3v) is 15.5. The Balaban J connectivity index is 1.16. The van der Waals surface area contributed by atoms with Gasteiger partial charge in [-0.1, -0.05) is 41.5 Å². The second kappa shape index (κ2) is 9.53. The maximum atomic E-state index is 14.1. The molecule has 0 N–H and O–H groups in total. The van der Waals surface area contributed by atoms with E-state index in [2.05, 4.69) is 89.0 Å². The minimum atomic E-state index is -0.789. The van der Waals surface area contributed by atoms with Crippen LogP contribution in [-0.2, 0) is 29.9 Å². The first-order valence-corrected chi connectivity index (χ1v) is 18.7. The second-order valence-electron chi connectivity index (χ2n) is 16.5. The molecule has 0 unspecified atom stereocenters. The first-order chi connectivity index (χ1) is 24.3. The number of anilines is 2. The number of hydrogen-bond donors (Lipinski definition) is 0. The average Bonchev–Trinajstić information content (AvgIpc) is 3.68. The van der Waals surface area contributed by atoms with Crippen LogP contribution in [0.25, 0.3) is 0 Å². The summed E-state index contributed by atoms with van der Waals surface area (Å²) in [6.45, 7) is 7.94. The molecule has 260 valence electrons. The Morgan fingerprint density at radius 2 is 1.60 bits per heavy atom. The van der Waals surface area contributed by atoms with Gasteiger partial charge in [-0.3, -0.25) is 14.6 Å². The van der Waals surface area contributed by atoms with E-state index < -0.39 is 17.2 Å². The van der Waals surface area contributed by atoms with Crippen molar-refractivity contribution in [2.75, 3.05) is 57.2 Å². The molecule has 10 atom stereocenters. The van der Waals surface area contributed by atoms with Crippen molar-refractivity contribution in [1.82, 2.24) is 9.80 Å². The maximum Gasteiger partial charge on any atom is 0.329 e. The Kier molecular flexibility index (Phi) is 5.69. The van der Waals surface area contributed by atoms with Crippen LogP contribution in [0.4, 0.5) is 11.4 Å². The quantitative estimate of drug-likeness (QED) is 0.341. The zero-order valence-electron chi connectivity index (χ0n) is 29.6. The second-order valence-corrected chi connectivity index (χ2v) is 16.5. The van der Waals surface area contributed by atoms with Gasteiger partial charge in [0.2, 0.25) is 5.72 Å². The zero-order valence-corrected chi connectivity index (χ0v) is 29.6. The topological polar surface area (TPSA) is 74.8 Å². The Morgan fingerprint density at radius 3 is 2.38 bits per heavy atom. The minimum absolute atomic E-state index is 0.0536. The van der Waals surface area contributed by atoms with Crippen LogP contribution >= 0.6 is 0 Å². The molecular formula is C41H46N4O5. The highest BCUT2D eigenvalue weighted by Crippen LogP contribution is 2.72. The molecule has 2 aromatic carbocycles. The number of piperidine rings is 5. The molecule has 11 rings (SSSR count). The normalized spacial score (nSPS) is 42.5. The molecule has 9 nitrogen and oxygen atoms in total. The SMILES string of the molecule is CC=C1CN2CC[C@@]34c5cc6c(cc5O[C@@]35[C@H]2C[C@H]1[C@@H](C(=O)OC)N5c1ccccc14)[C@]12CCN3CC(=CC)[C@@H](C[C@H]3[C@@H]1N6C)[C@@H]2C(=O)OC. The molecule has 2 aromatic rings. The van der Waals surface area contributed by atoms with Crippen LogP contribution in [0, 0.1) is 17.8 Å². The number of ether oxygens (including phenoxy) is 3. The van der Waals surface area contributed by atoms with Gasteiger partial charge >= 0.3 is 11.9 Å². The third-order valence-electron chi connectivity index (χ3n) is 15.5. The summed E-state index contributed by atoms with van der Waals surface area (Å²) in [5.74, 6) is 0.602. The molecule has 5 bridgehead atoms. The number of allylic oxidation sites excluding steroid dienone is 2. The number of hydrogen-bond acceptors (Lipinski definition) is 9. The van der Waals surface area contributed by atoms with Crippen molar-refractivity contribution in [3.05, 3.63) is 76.4 Å². The molecule has 1 spiro atoms. The van der Waals surface area contributed by atoms with Crippen molar-refractivity contribution >= 4 is 23.3 Å². The number of carbonyl (C=O) groups is 2. The molecule has 9 aliphatic rings. The molecule has 6 fully saturated rings. The molecule has 9 heteroatoms. The van der Waals surface area contributed by atoms with E-state index in [0.717, 1.165) is 63.3 Å². The molecule has 8 heterocycles. The van der Waals surface area contributed by atoms with E-state index >= 15 is 0 Å². The van der Waals surface area contributed by atoms with Gasteiger partial charge in [0.15, 0.2) is 0 Å². The summed E-state index contributed by atoms with van der Waals surface area (Å²) >= 11 is 0. The highest BCUT2D eigenvalue weighted by Gasteiger charge is 2.80. The number of carbonyl (C=O) groups excluding carboxylic acids is 2. The number of esters is 2. The molecular weight excluding hydrogens is 628 g/mol. The number of rotatable bonds is 2. The van der Waals surface area contributed by atoms with Gasteiger partial charge in [-0.25, -0.2) is 4.79 Å². The van der Waals surface area contributed by atoms with Crippen molar-refractivity contribution < 1.29 is 23.8 Å². The lowest BCUT2D eigenvalue weighted by Gasteiger charge is -2.64. The molecule has 50 heavy (non-hydrogen) atoms. The van der Waals surface area contributed by atoms with E-state index in [1.54, 1.807) is 7.11 Å². The Hall–Kier alpha value is -3.82. The first kappa shape index (κ1) is 29.9. The fourth-order valence-corrected chi connectivity index (χ4v) is 13.9. The van der Waals surface area contributed by atoms with E-state index in [1.165, 1.54) is 40.6 Å². The minimum Gasteiger partial charge on any atom is -0.469 e. The summed E-state index contributed by atoms with van der Waals surface area (Å²) in [6.07, 6.45) is 8.12. The van der Waals surface area contributed by atoms with Gasteiger partial charge < -0.3 is 24.0 Å². The van der Waals surface area contributed by atoms with E-state index in [4.69, 9.17) is 14.2 Å². The van der Waals surface area contributed by atoms with Gasteiger partial charge in [-0.05, 0) is 81.3 Å². The van der Waals surface area contributed by atoms with Crippen LogP contribution in [0.1, 0.15) is 56.2 Å². The van der Waals surface area contributed by atoms with Gasteiger partial charge in [-0.2, -0.15) is 0 Å². The van der Waals surface area contributed by atoms with Gasteiger partial charge in [0.05, 0.1) is 37.6 Å². The molecule has 1 saturated carbocycles. The summed E-state index contributed by atoms with van der Waals surface area (Å²) in [5.41, 5.74) is 7.11. The highest BCUT2D eigenvalue weighted by atomic mass is 16.5. The lowest BCUT2D eigenvalue weighted by molar-refractivity contribution is -0.158. The average molecular weight is 675 g/mol. The zero-order chi connectivity index (χ0) is 34.1. The van der Waals surface area contributed by atoms with Crippen molar-refractivity contribution in [3.8, 4) is 5.75 Å². The summed E-state index contributed by atoms with van der Waals surface area (Å²) in [5, 5.41) is 0. The predicted octanol–water partition coefficient (Wildman–Crippen LogP) is 4.38. The van der Waals surface area contributed by atoms with E-state index in [-0.39, 0.29) is 47.2 Å². The van der Waals surface area contributed by atoms with Crippen LogP contribution < -0.4 is 14.5 Å². The molecule has 0 radical (unpaired) electrons. The highest BCUT2D eigenvalue weighted by molar-refractivity contribution is 5.89. The largest absolute Gasteiger partial charge is 0.469 e. The first-order valence-electron chi connectivity index (χ1n) is 18.7. The Labute approximate surface area is 293 Å². The fourth-order valence-electron chi connectivity index (χ4n) is 13.9. The lowest BCUT2D eigenvalue weighted by Crippen LogP contribution is -2.81. The predicted molar refractivity (Wildman–Crippen MR) is 188 cm³/mol. The van der Waals surface area contributed by atoms with Crippen molar-refractivity contribution in [2.45, 2.75) is 80.3 Å². The van der Waals surface area contributed by atoms with Crippen LogP contribution in [-0.4, -0.2) is 99.1 Å². The van der Waals surface area contributed by atoms with Gasteiger partial charge in [0, 0.05) is 61.0 Å². The van der Waals surface area contributed by atoms with Crippen LogP contribution in [0.2, 0.25) is 0 Å². The summed E-state index contributed by atoms with van der Waals surface area (Å²) in [7, 11) is 5.35. The maximum absolute atomic E-state index is 14.1. The van der Waals surface area contributed by atoms with Gasteiger partial charge in [0.1, 0.15) is 11.8 Å². The number of methoxy groups -OCH3 is 2. The van der Waals surface area contributed by atoms with E-state index in [9.17, 15) is 9.59 Å². The smallest absolute Gasteiger partial charge is 0.329 e. The van der Waals surface area contributed by atoms with E-state index in [0.29, 0.717) is 6.04 Å². The van der Waals surface area contributed by atoms with Crippen molar-refractivity contribution in [1.29, 1.82) is 0 Å². The number of fused-ring (bicyclic) bond motifs is 6. The molecule has 0 amide bonds.